The number of amides is 1. The SMILES string of the molecule is CCc1c(C(=O)N(CCO)c2cc(F)ccc2F)ncc(S(=O)(=O)c2ccc(Cl)c(C)c2)c1C. The van der Waals surface area contributed by atoms with Gasteiger partial charge in [-0.25, -0.2) is 22.2 Å². The van der Waals surface area contributed by atoms with Gasteiger partial charge in [-0.15, -0.1) is 0 Å². The molecule has 10 heteroatoms. The number of nitrogens with zero attached hydrogens (tertiary/aromatic N) is 2. The summed E-state index contributed by atoms with van der Waals surface area (Å²) < 4.78 is 54.8. The molecule has 0 aliphatic rings. The Morgan fingerprint density at radius 1 is 1.15 bits per heavy atom. The second kappa shape index (κ2) is 10.2. The number of aryl methyl sites for hydroxylation is 1. The molecule has 0 saturated carbocycles. The van der Waals surface area contributed by atoms with Gasteiger partial charge in [0.1, 0.15) is 17.3 Å². The number of anilines is 1. The molecule has 0 radical (unpaired) electrons. The highest BCUT2D eigenvalue weighted by atomic mass is 35.5. The maximum Gasteiger partial charge on any atom is 0.277 e. The average molecular weight is 509 g/mol. The quantitative estimate of drug-likeness (QED) is 0.501. The Morgan fingerprint density at radius 2 is 1.85 bits per heavy atom. The Hall–Kier alpha value is -2.88. The van der Waals surface area contributed by atoms with Crippen molar-refractivity contribution in [1.82, 2.24) is 4.98 Å². The normalized spacial score (nSPS) is 11.5. The van der Waals surface area contributed by atoms with Crippen LogP contribution in [0.2, 0.25) is 5.02 Å². The van der Waals surface area contributed by atoms with Crippen LogP contribution in [-0.2, 0) is 16.3 Å². The lowest BCUT2D eigenvalue weighted by Gasteiger charge is -2.24. The molecular formula is C24H23ClF2N2O4S. The molecule has 1 aromatic heterocycles. The van der Waals surface area contributed by atoms with Gasteiger partial charge >= 0.3 is 0 Å². The third-order valence-corrected chi connectivity index (χ3v) is 7.76. The van der Waals surface area contributed by atoms with Gasteiger partial charge in [0.2, 0.25) is 9.84 Å². The molecule has 0 aliphatic heterocycles. The van der Waals surface area contributed by atoms with E-state index in [1.54, 1.807) is 20.8 Å². The van der Waals surface area contributed by atoms with Crippen LogP contribution in [0.3, 0.4) is 0 Å². The Kier molecular flexibility index (Phi) is 7.70. The summed E-state index contributed by atoms with van der Waals surface area (Å²) >= 11 is 6.02. The Labute approximate surface area is 201 Å². The summed E-state index contributed by atoms with van der Waals surface area (Å²) in [4.78, 5) is 18.3. The number of benzene rings is 2. The maximum absolute atomic E-state index is 14.4. The minimum absolute atomic E-state index is 0.0316. The fraction of sp³-hybridized carbons (Fsp3) is 0.250. The molecule has 0 aliphatic carbocycles. The van der Waals surface area contributed by atoms with Gasteiger partial charge in [-0.2, -0.15) is 0 Å². The molecule has 3 rings (SSSR count). The number of halogens is 3. The first kappa shape index (κ1) is 25.7. The van der Waals surface area contributed by atoms with E-state index in [2.05, 4.69) is 4.98 Å². The van der Waals surface area contributed by atoms with Crippen molar-refractivity contribution >= 4 is 33.0 Å². The number of aromatic nitrogens is 1. The van der Waals surface area contributed by atoms with E-state index in [0.717, 1.165) is 29.3 Å². The van der Waals surface area contributed by atoms with Crippen LogP contribution in [0.25, 0.3) is 0 Å². The molecule has 0 atom stereocenters. The summed E-state index contributed by atoms with van der Waals surface area (Å²) in [6, 6.07) is 6.99. The van der Waals surface area contributed by atoms with E-state index in [4.69, 9.17) is 11.6 Å². The third kappa shape index (κ3) is 4.82. The number of aliphatic hydroxyl groups excluding tert-OH is 1. The standard InChI is InChI=1S/C24H23ClF2N2O4S/c1-4-18-15(3)22(34(32,33)17-6-7-19(25)14(2)11-17)13-28-23(18)24(31)29(9-10-30)21-12-16(26)5-8-20(21)27/h5-8,11-13,30H,4,9-10H2,1-3H3. The van der Waals surface area contributed by atoms with Gasteiger partial charge in [0.25, 0.3) is 5.91 Å². The molecule has 180 valence electrons. The topological polar surface area (TPSA) is 87.6 Å². The van der Waals surface area contributed by atoms with Crippen LogP contribution in [0.4, 0.5) is 14.5 Å². The first-order valence-corrected chi connectivity index (χ1v) is 12.3. The number of hydrogen-bond donors (Lipinski definition) is 1. The lowest BCUT2D eigenvalue weighted by molar-refractivity contribution is 0.0974. The van der Waals surface area contributed by atoms with Crippen molar-refractivity contribution in [2.75, 3.05) is 18.1 Å². The largest absolute Gasteiger partial charge is 0.395 e. The van der Waals surface area contributed by atoms with E-state index in [1.165, 1.54) is 18.2 Å². The first-order valence-electron chi connectivity index (χ1n) is 10.4. The van der Waals surface area contributed by atoms with E-state index < -0.39 is 34.0 Å². The fourth-order valence-corrected chi connectivity index (χ4v) is 5.34. The van der Waals surface area contributed by atoms with E-state index in [9.17, 15) is 27.1 Å². The van der Waals surface area contributed by atoms with E-state index in [-0.39, 0.29) is 34.1 Å². The van der Waals surface area contributed by atoms with Gasteiger partial charge in [0.05, 0.1) is 22.1 Å². The van der Waals surface area contributed by atoms with Crippen molar-refractivity contribution < 1.29 is 27.1 Å². The molecule has 1 heterocycles. The highest BCUT2D eigenvalue weighted by Crippen LogP contribution is 2.30. The molecule has 0 spiro atoms. The number of pyridine rings is 1. The maximum atomic E-state index is 14.4. The second-order valence-corrected chi connectivity index (χ2v) is 9.94. The average Bonchev–Trinajstić information content (AvgIpc) is 2.80. The fourth-order valence-electron chi connectivity index (χ4n) is 3.68. The Morgan fingerprint density at radius 3 is 2.47 bits per heavy atom. The summed E-state index contributed by atoms with van der Waals surface area (Å²) in [5.74, 6) is -2.40. The van der Waals surface area contributed by atoms with E-state index >= 15 is 0 Å². The number of carbonyl (C=O) groups is 1. The smallest absolute Gasteiger partial charge is 0.277 e. The molecule has 0 unspecified atom stereocenters. The molecular weight excluding hydrogens is 486 g/mol. The van der Waals surface area contributed by atoms with Crippen LogP contribution in [0.15, 0.2) is 52.4 Å². The molecule has 0 saturated heterocycles. The zero-order valence-corrected chi connectivity index (χ0v) is 20.3. The number of rotatable bonds is 7. The zero-order chi connectivity index (χ0) is 25.2. The van der Waals surface area contributed by atoms with Gasteiger partial charge < -0.3 is 10.0 Å². The molecule has 0 bridgehead atoms. The molecule has 6 nitrogen and oxygen atoms in total. The predicted octanol–water partition coefficient (Wildman–Crippen LogP) is 4.66. The van der Waals surface area contributed by atoms with Crippen LogP contribution < -0.4 is 4.90 Å². The summed E-state index contributed by atoms with van der Waals surface area (Å²) in [6.45, 7) is 4.15. The summed E-state index contributed by atoms with van der Waals surface area (Å²) in [6.07, 6.45) is 1.33. The predicted molar refractivity (Wildman–Crippen MR) is 125 cm³/mol. The van der Waals surface area contributed by atoms with E-state index in [1.807, 2.05) is 0 Å². The third-order valence-electron chi connectivity index (χ3n) is 5.47. The van der Waals surface area contributed by atoms with Crippen LogP contribution >= 0.6 is 11.6 Å². The monoisotopic (exact) mass is 508 g/mol. The van der Waals surface area contributed by atoms with Gasteiger partial charge in [-0.3, -0.25) is 4.79 Å². The molecule has 3 aromatic rings. The number of carbonyl (C=O) groups excluding carboxylic acids is 1. The highest BCUT2D eigenvalue weighted by Gasteiger charge is 2.29. The summed E-state index contributed by atoms with van der Waals surface area (Å²) in [7, 11) is -3.97. The van der Waals surface area contributed by atoms with Crippen LogP contribution in [-0.4, -0.2) is 37.6 Å². The molecule has 1 N–H and O–H groups in total. The number of aliphatic hydroxyl groups is 1. The van der Waals surface area contributed by atoms with Crippen molar-refractivity contribution in [3.05, 3.63) is 81.6 Å². The van der Waals surface area contributed by atoms with Crippen molar-refractivity contribution in [3.8, 4) is 0 Å². The lowest BCUT2D eigenvalue weighted by atomic mass is 10.0. The molecule has 2 aromatic carbocycles. The lowest BCUT2D eigenvalue weighted by Crippen LogP contribution is -2.36. The van der Waals surface area contributed by atoms with Crippen molar-refractivity contribution in [3.63, 3.8) is 0 Å². The highest BCUT2D eigenvalue weighted by molar-refractivity contribution is 7.91. The van der Waals surface area contributed by atoms with Crippen molar-refractivity contribution in [2.24, 2.45) is 0 Å². The number of hydrogen-bond acceptors (Lipinski definition) is 5. The van der Waals surface area contributed by atoms with Crippen LogP contribution in [0.1, 0.15) is 34.1 Å². The van der Waals surface area contributed by atoms with Crippen LogP contribution in [0.5, 0.6) is 0 Å². The van der Waals surface area contributed by atoms with Crippen molar-refractivity contribution in [1.29, 1.82) is 0 Å². The first-order chi connectivity index (χ1) is 16.0. The molecule has 0 fully saturated rings. The van der Waals surface area contributed by atoms with Gasteiger partial charge in [0, 0.05) is 23.8 Å². The van der Waals surface area contributed by atoms with Crippen LogP contribution in [0, 0.1) is 25.5 Å². The zero-order valence-electron chi connectivity index (χ0n) is 18.8. The van der Waals surface area contributed by atoms with E-state index in [0.29, 0.717) is 21.7 Å². The summed E-state index contributed by atoms with van der Waals surface area (Å²) in [5, 5.41) is 9.86. The van der Waals surface area contributed by atoms with Gasteiger partial charge in [0.15, 0.2) is 0 Å². The van der Waals surface area contributed by atoms with Crippen molar-refractivity contribution in [2.45, 2.75) is 37.0 Å². The number of sulfone groups is 1. The Bertz CT molecular complexity index is 1360. The minimum Gasteiger partial charge on any atom is -0.395 e. The Balaban J connectivity index is 2.13. The molecule has 1 amide bonds. The second-order valence-electron chi connectivity index (χ2n) is 7.62. The van der Waals surface area contributed by atoms with Gasteiger partial charge in [-0.1, -0.05) is 18.5 Å². The molecule has 34 heavy (non-hydrogen) atoms. The minimum atomic E-state index is -3.97. The summed E-state index contributed by atoms with van der Waals surface area (Å²) in [5.41, 5.74) is 0.790. The van der Waals surface area contributed by atoms with Gasteiger partial charge in [-0.05, 0) is 67.3 Å².